The van der Waals surface area contributed by atoms with Gasteiger partial charge in [-0.25, -0.2) is 4.98 Å². The first-order valence-corrected chi connectivity index (χ1v) is 5.55. The van der Waals surface area contributed by atoms with Crippen molar-refractivity contribution in [2.24, 2.45) is 5.16 Å². The third kappa shape index (κ3) is 1.51. The topological polar surface area (TPSA) is 67.0 Å². The minimum absolute atomic E-state index is 0.103. The first-order valence-electron chi connectivity index (χ1n) is 4.73. The van der Waals surface area contributed by atoms with E-state index < -0.39 is 0 Å². The van der Waals surface area contributed by atoms with Crippen molar-refractivity contribution in [1.82, 2.24) is 9.38 Å². The molecule has 0 spiro atoms. The number of oxime groups is 1. The van der Waals surface area contributed by atoms with E-state index in [1.807, 2.05) is 6.92 Å². The number of nitrogens with zero attached hydrogens (tertiary/aromatic N) is 3. The number of thiazole rings is 1. The van der Waals surface area contributed by atoms with Gasteiger partial charge >= 0.3 is 0 Å². The van der Waals surface area contributed by atoms with Gasteiger partial charge in [-0.2, -0.15) is 0 Å². The van der Waals surface area contributed by atoms with Crippen LogP contribution < -0.4 is 5.56 Å². The van der Waals surface area contributed by atoms with Gasteiger partial charge in [0, 0.05) is 17.5 Å². The zero-order valence-electron chi connectivity index (χ0n) is 9.18. The van der Waals surface area contributed by atoms with Crippen LogP contribution in [0.4, 0.5) is 0 Å². The van der Waals surface area contributed by atoms with Gasteiger partial charge in [0.1, 0.15) is 0 Å². The smallest absolute Gasteiger partial charge is 0.258 e. The predicted octanol–water partition coefficient (Wildman–Crippen LogP) is 1.57. The van der Waals surface area contributed by atoms with E-state index in [0.717, 1.165) is 10.6 Å². The van der Waals surface area contributed by atoms with Crippen LogP contribution in [0.1, 0.15) is 23.2 Å². The van der Waals surface area contributed by atoms with Crippen LogP contribution in [-0.2, 0) is 0 Å². The maximum Gasteiger partial charge on any atom is 0.258 e. The second kappa shape index (κ2) is 3.71. The molecule has 0 bridgehead atoms. The molecule has 0 atom stereocenters. The third-order valence-electron chi connectivity index (χ3n) is 2.35. The van der Waals surface area contributed by atoms with Gasteiger partial charge in [0.05, 0.1) is 10.6 Å². The SMILES string of the molecule is C/C(=N\O)c1sc2nc(C)cc(=O)n2c1C. The largest absolute Gasteiger partial charge is 0.411 e. The molecule has 2 rings (SSSR count). The minimum Gasteiger partial charge on any atom is -0.411 e. The number of rotatable bonds is 1. The summed E-state index contributed by atoms with van der Waals surface area (Å²) >= 11 is 1.35. The lowest BCUT2D eigenvalue weighted by molar-refractivity contribution is 0.319. The summed E-state index contributed by atoms with van der Waals surface area (Å²) in [6.45, 7) is 5.28. The molecule has 0 saturated carbocycles. The lowest BCUT2D eigenvalue weighted by Crippen LogP contribution is -2.14. The molecular weight excluding hydrogens is 226 g/mol. The fraction of sp³-hybridized carbons (Fsp3) is 0.300. The average Bonchev–Trinajstić information content (AvgIpc) is 2.54. The molecule has 0 aromatic carbocycles. The Balaban J connectivity index is 2.89. The van der Waals surface area contributed by atoms with Gasteiger partial charge in [0.25, 0.3) is 5.56 Å². The molecule has 6 heteroatoms. The van der Waals surface area contributed by atoms with E-state index >= 15 is 0 Å². The number of aryl methyl sites for hydroxylation is 2. The van der Waals surface area contributed by atoms with E-state index in [4.69, 9.17) is 5.21 Å². The zero-order chi connectivity index (χ0) is 11.9. The molecule has 0 aliphatic rings. The third-order valence-corrected chi connectivity index (χ3v) is 3.60. The van der Waals surface area contributed by atoms with Gasteiger partial charge in [0.15, 0.2) is 4.96 Å². The van der Waals surface area contributed by atoms with E-state index in [-0.39, 0.29) is 5.56 Å². The molecule has 5 nitrogen and oxygen atoms in total. The van der Waals surface area contributed by atoms with Gasteiger partial charge in [-0.3, -0.25) is 9.20 Å². The van der Waals surface area contributed by atoms with Crippen LogP contribution in [0, 0.1) is 13.8 Å². The highest BCUT2D eigenvalue weighted by Gasteiger charge is 2.13. The number of hydrogen-bond acceptors (Lipinski definition) is 5. The number of hydrogen-bond donors (Lipinski definition) is 1. The summed E-state index contributed by atoms with van der Waals surface area (Å²) in [6.07, 6.45) is 0. The summed E-state index contributed by atoms with van der Waals surface area (Å²) in [5, 5.41) is 11.9. The highest BCUT2D eigenvalue weighted by molar-refractivity contribution is 7.19. The summed E-state index contributed by atoms with van der Waals surface area (Å²) in [5.41, 5.74) is 1.84. The van der Waals surface area contributed by atoms with E-state index in [0.29, 0.717) is 16.4 Å². The average molecular weight is 237 g/mol. The van der Waals surface area contributed by atoms with Crippen LogP contribution in [0.25, 0.3) is 4.96 Å². The summed E-state index contributed by atoms with van der Waals surface area (Å²) in [6, 6.07) is 1.49. The maximum atomic E-state index is 11.8. The molecule has 0 aliphatic heterocycles. The Morgan fingerprint density at radius 3 is 2.88 bits per heavy atom. The van der Waals surface area contributed by atoms with Crippen LogP contribution >= 0.6 is 11.3 Å². The Labute approximate surface area is 95.7 Å². The molecule has 0 aliphatic carbocycles. The molecule has 2 heterocycles. The Morgan fingerprint density at radius 1 is 1.56 bits per heavy atom. The molecule has 1 N–H and O–H groups in total. The van der Waals surface area contributed by atoms with E-state index in [2.05, 4.69) is 10.1 Å². The molecule has 0 saturated heterocycles. The Kier molecular flexibility index (Phi) is 2.51. The highest BCUT2D eigenvalue weighted by Crippen LogP contribution is 2.20. The summed E-state index contributed by atoms with van der Waals surface area (Å²) in [4.78, 5) is 17.5. The van der Waals surface area contributed by atoms with E-state index in [9.17, 15) is 4.79 Å². The minimum atomic E-state index is -0.103. The maximum absolute atomic E-state index is 11.8. The van der Waals surface area contributed by atoms with Crippen molar-refractivity contribution < 1.29 is 5.21 Å². The molecule has 0 amide bonds. The monoisotopic (exact) mass is 237 g/mol. The van der Waals surface area contributed by atoms with Gasteiger partial charge in [-0.05, 0) is 20.8 Å². The van der Waals surface area contributed by atoms with Crippen molar-refractivity contribution in [2.45, 2.75) is 20.8 Å². The number of aromatic nitrogens is 2. The zero-order valence-corrected chi connectivity index (χ0v) is 10.00. The lowest BCUT2D eigenvalue weighted by atomic mass is 10.3. The van der Waals surface area contributed by atoms with E-state index in [1.165, 1.54) is 21.8 Å². The van der Waals surface area contributed by atoms with Crippen molar-refractivity contribution in [3.8, 4) is 0 Å². The Hall–Kier alpha value is -1.69. The van der Waals surface area contributed by atoms with Crippen LogP contribution in [0.15, 0.2) is 16.0 Å². The summed E-state index contributed by atoms with van der Waals surface area (Å²) in [7, 11) is 0. The first-order chi connectivity index (χ1) is 7.54. The van der Waals surface area contributed by atoms with Crippen molar-refractivity contribution in [3.05, 3.63) is 32.7 Å². The fourth-order valence-corrected chi connectivity index (χ4v) is 2.71. The molecular formula is C10H11N3O2S. The molecule has 0 unspecified atom stereocenters. The summed E-state index contributed by atoms with van der Waals surface area (Å²) in [5.74, 6) is 0. The van der Waals surface area contributed by atoms with Crippen LogP contribution in [0.2, 0.25) is 0 Å². The van der Waals surface area contributed by atoms with Crippen molar-refractivity contribution >= 4 is 22.0 Å². The second-order valence-corrected chi connectivity index (χ2v) is 4.53. The quantitative estimate of drug-likeness (QED) is 0.465. The molecule has 84 valence electrons. The van der Waals surface area contributed by atoms with Crippen molar-refractivity contribution in [3.63, 3.8) is 0 Å². The van der Waals surface area contributed by atoms with Crippen molar-refractivity contribution in [1.29, 1.82) is 0 Å². The normalized spacial score (nSPS) is 12.3. The molecule has 16 heavy (non-hydrogen) atoms. The Morgan fingerprint density at radius 2 is 2.25 bits per heavy atom. The van der Waals surface area contributed by atoms with Crippen molar-refractivity contribution in [2.75, 3.05) is 0 Å². The first kappa shape index (κ1) is 10.8. The summed E-state index contributed by atoms with van der Waals surface area (Å²) < 4.78 is 1.53. The van der Waals surface area contributed by atoms with E-state index in [1.54, 1.807) is 13.8 Å². The van der Waals surface area contributed by atoms with Crippen LogP contribution in [0.5, 0.6) is 0 Å². The molecule has 2 aromatic heterocycles. The standard InChI is InChI=1S/C10H11N3O2S/c1-5-4-8(14)13-7(3)9(6(2)12-15)16-10(13)11-5/h4,15H,1-3H3/b12-6+. The Bertz CT molecular complexity index is 639. The fourth-order valence-electron chi connectivity index (χ4n) is 1.60. The van der Waals surface area contributed by atoms with Gasteiger partial charge in [0.2, 0.25) is 0 Å². The molecule has 0 radical (unpaired) electrons. The predicted molar refractivity (Wildman–Crippen MR) is 62.8 cm³/mol. The van der Waals surface area contributed by atoms with Crippen LogP contribution in [-0.4, -0.2) is 20.3 Å². The van der Waals surface area contributed by atoms with Gasteiger partial charge in [-0.15, -0.1) is 0 Å². The molecule has 0 fully saturated rings. The van der Waals surface area contributed by atoms with Gasteiger partial charge in [-0.1, -0.05) is 16.5 Å². The molecule has 2 aromatic rings. The van der Waals surface area contributed by atoms with Gasteiger partial charge < -0.3 is 5.21 Å². The van der Waals surface area contributed by atoms with Crippen LogP contribution in [0.3, 0.4) is 0 Å². The lowest BCUT2D eigenvalue weighted by Gasteiger charge is -1.96. The number of fused-ring (bicyclic) bond motifs is 1. The highest BCUT2D eigenvalue weighted by atomic mass is 32.1. The second-order valence-electron chi connectivity index (χ2n) is 3.56.